The molecule has 2 atom stereocenters. The highest BCUT2D eigenvalue weighted by Crippen LogP contribution is 2.23. The molecule has 1 heterocycles. The summed E-state index contributed by atoms with van der Waals surface area (Å²) in [4.78, 5) is 15.7. The van der Waals surface area contributed by atoms with E-state index in [2.05, 4.69) is 10.3 Å². The minimum absolute atomic E-state index is 0. The molecule has 0 radical (unpaired) electrons. The van der Waals surface area contributed by atoms with Gasteiger partial charge in [-0.1, -0.05) is 0 Å². The Morgan fingerprint density at radius 1 is 1.44 bits per heavy atom. The van der Waals surface area contributed by atoms with Crippen molar-refractivity contribution in [1.29, 1.82) is 0 Å². The number of carbonyl (C=O) groups excluding carboxylic acids is 1. The lowest BCUT2D eigenvalue weighted by molar-refractivity contribution is -0.124. The van der Waals surface area contributed by atoms with Crippen LogP contribution in [0.3, 0.4) is 0 Å². The maximum Gasteiger partial charge on any atom is 0.223 e. The average molecular weight is 295 g/mol. The highest BCUT2D eigenvalue weighted by molar-refractivity contribution is 5.85. The van der Waals surface area contributed by atoms with Crippen molar-refractivity contribution in [2.45, 2.75) is 31.8 Å². The van der Waals surface area contributed by atoms with Crippen LogP contribution in [-0.4, -0.2) is 28.0 Å². The number of aromatic nitrogens is 2. The van der Waals surface area contributed by atoms with Crippen LogP contribution in [0.1, 0.15) is 19.3 Å². The normalized spacial score (nSPS) is 21.8. The smallest absolute Gasteiger partial charge is 0.223 e. The fourth-order valence-electron chi connectivity index (χ4n) is 2.13. The number of nitrogens with zero attached hydrogens (tertiary/aromatic N) is 2. The molecule has 104 valence electrons. The Morgan fingerprint density at radius 2 is 2.22 bits per heavy atom. The maximum atomic E-state index is 11.7. The molecule has 1 aromatic rings. The van der Waals surface area contributed by atoms with E-state index in [0.29, 0.717) is 6.54 Å². The summed E-state index contributed by atoms with van der Waals surface area (Å²) in [5.74, 6) is 0.269. The predicted octanol–water partition coefficient (Wildman–Crippen LogP) is 0.970. The van der Waals surface area contributed by atoms with Crippen molar-refractivity contribution in [3.05, 3.63) is 18.7 Å². The third-order valence-corrected chi connectivity index (χ3v) is 3.07. The van der Waals surface area contributed by atoms with Gasteiger partial charge in [-0.3, -0.25) is 4.79 Å². The molecule has 7 heteroatoms. The average Bonchev–Trinajstić information content (AvgIpc) is 2.89. The van der Waals surface area contributed by atoms with E-state index in [1.54, 1.807) is 12.5 Å². The van der Waals surface area contributed by atoms with Crippen LogP contribution in [0, 0.1) is 5.92 Å². The first kappa shape index (κ1) is 17.2. The topological polar surface area (TPSA) is 72.9 Å². The SMILES string of the molecule is Cl.Cl.NC1CCC(C(=O)NCCn2ccnc2)C1. The van der Waals surface area contributed by atoms with Gasteiger partial charge in [0.25, 0.3) is 0 Å². The Hall–Kier alpha value is -0.780. The molecule has 1 saturated carbocycles. The molecular weight excluding hydrogens is 275 g/mol. The first-order chi connectivity index (χ1) is 7.75. The fraction of sp³-hybridized carbons (Fsp3) is 0.636. The van der Waals surface area contributed by atoms with Gasteiger partial charge < -0.3 is 15.6 Å². The Balaban J connectivity index is 0.00000144. The molecule has 18 heavy (non-hydrogen) atoms. The number of nitrogens with one attached hydrogen (secondary N) is 1. The Kier molecular flexibility index (Phi) is 7.98. The molecule has 0 saturated heterocycles. The summed E-state index contributed by atoms with van der Waals surface area (Å²) in [6, 6.07) is 0.212. The minimum Gasteiger partial charge on any atom is -0.354 e. The molecule has 0 aromatic carbocycles. The van der Waals surface area contributed by atoms with Crippen molar-refractivity contribution >= 4 is 30.7 Å². The number of nitrogens with two attached hydrogens (primary N) is 1. The summed E-state index contributed by atoms with van der Waals surface area (Å²) in [6.45, 7) is 1.42. The van der Waals surface area contributed by atoms with Gasteiger partial charge in [-0.2, -0.15) is 0 Å². The fourth-order valence-corrected chi connectivity index (χ4v) is 2.13. The Labute approximate surface area is 119 Å². The standard InChI is InChI=1S/C11H18N4O.2ClH/c12-10-2-1-9(7-10)11(16)14-4-6-15-5-3-13-8-15;;/h3,5,8-10H,1-2,4,6-7,12H2,(H,14,16);2*1H. The van der Waals surface area contributed by atoms with Gasteiger partial charge in [-0.05, 0) is 19.3 Å². The highest BCUT2D eigenvalue weighted by Gasteiger charge is 2.27. The van der Waals surface area contributed by atoms with Crippen molar-refractivity contribution in [2.75, 3.05) is 6.54 Å². The van der Waals surface area contributed by atoms with E-state index >= 15 is 0 Å². The zero-order valence-electron chi connectivity index (χ0n) is 10.1. The lowest BCUT2D eigenvalue weighted by Gasteiger charge is -2.10. The number of hydrogen-bond acceptors (Lipinski definition) is 3. The molecule has 3 N–H and O–H groups in total. The van der Waals surface area contributed by atoms with Crippen molar-refractivity contribution in [3.63, 3.8) is 0 Å². The molecule has 1 amide bonds. The second-order valence-electron chi connectivity index (χ2n) is 4.36. The number of rotatable bonds is 4. The van der Waals surface area contributed by atoms with Crippen LogP contribution in [0.2, 0.25) is 0 Å². The molecule has 5 nitrogen and oxygen atoms in total. The molecule has 0 spiro atoms. The minimum atomic E-state index is 0. The third kappa shape index (κ3) is 4.84. The first-order valence-electron chi connectivity index (χ1n) is 5.75. The predicted molar refractivity (Wildman–Crippen MR) is 75.0 cm³/mol. The van der Waals surface area contributed by atoms with Gasteiger partial charge in [0.05, 0.1) is 6.33 Å². The number of hydrogen-bond donors (Lipinski definition) is 2. The van der Waals surface area contributed by atoms with Gasteiger partial charge >= 0.3 is 0 Å². The molecule has 1 aromatic heterocycles. The quantitative estimate of drug-likeness (QED) is 0.869. The molecule has 1 aliphatic rings. The van der Waals surface area contributed by atoms with Gasteiger partial charge in [0.1, 0.15) is 0 Å². The molecule has 0 bridgehead atoms. The van der Waals surface area contributed by atoms with E-state index in [1.165, 1.54) is 0 Å². The zero-order chi connectivity index (χ0) is 11.4. The number of halogens is 2. The number of amides is 1. The van der Waals surface area contributed by atoms with Crippen molar-refractivity contribution in [2.24, 2.45) is 11.7 Å². The third-order valence-electron chi connectivity index (χ3n) is 3.07. The molecule has 2 unspecified atom stereocenters. The van der Waals surface area contributed by atoms with Crippen molar-refractivity contribution in [3.8, 4) is 0 Å². The van der Waals surface area contributed by atoms with E-state index in [1.807, 2.05) is 10.8 Å². The van der Waals surface area contributed by atoms with Gasteiger partial charge in [0.2, 0.25) is 5.91 Å². The second kappa shape index (κ2) is 8.34. The van der Waals surface area contributed by atoms with E-state index in [-0.39, 0.29) is 42.7 Å². The van der Waals surface area contributed by atoms with Gasteiger partial charge in [0.15, 0.2) is 0 Å². The number of imidazole rings is 1. The molecular formula is C11H20Cl2N4O. The van der Waals surface area contributed by atoms with Crippen LogP contribution in [0.15, 0.2) is 18.7 Å². The zero-order valence-corrected chi connectivity index (χ0v) is 11.8. The first-order valence-corrected chi connectivity index (χ1v) is 5.75. The van der Waals surface area contributed by atoms with Crippen LogP contribution in [-0.2, 0) is 11.3 Å². The van der Waals surface area contributed by atoms with E-state index in [4.69, 9.17) is 5.73 Å². The van der Waals surface area contributed by atoms with E-state index < -0.39 is 0 Å². The monoisotopic (exact) mass is 294 g/mol. The summed E-state index contributed by atoms with van der Waals surface area (Å²) in [6.07, 6.45) is 8.10. The van der Waals surface area contributed by atoms with E-state index in [9.17, 15) is 4.79 Å². The molecule has 1 fully saturated rings. The summed E-state index contributed by atoms with van der Waals surface area (Å²) >= 11 is 0. The lowest BCUT2D eigenvalue weighted by Crippen LogP contribution is -2.32. The Morgan fingerprint density at radius 3 is 2.78 bits per heavy atom. The molecule has 2 rings (SSSR count). The second-order valence-corrected chi connectivity index (χ2v) is 4.36. The van der Waals surface area contributed by atoms with Gasteiger partial charge in [-0.25, -0.2) is 4.98 Å². The van der Waals surface area contributed by atoms with Crippen molar-refractivity contribution in [1.82, 2.24) is 14.9 Å². The highest BCUT2D eigenvalue weighted by atomic mass is 35.5. The van der Waals surface area contributed by atoms with Crippen LogP contribution in [0.5, 0.6) is 0 Å². The summed E-state index contributed by atoms with van der Waals surface area (Å²) in [5, 5.41) is 2.94. The lowest BCUT2D eigenvalue weighted by atomic mass is 10.1. The van der Waals surface area contributed by atoms with Crippen LogP contribution in [0.4, 0.5) is 0 Å². The Bertz CT molecular complexity index is 345. The van der Waals surface area contributed by atoms with E-state index in [0.717, 1.165) is 25.8 Å². The maximum absolute atomic E-state index is 11.7. The van der Waals surface area contributed by atoms with Gasteiger partial charge in [-0.15, -0.1) is 24.8 Å². The molecule has 1 aliphatic carbocycles. The van der Waals surface area contributed by atoms with Gasteiger partial charge in [0, 0.05) is 37.4 Å². The number of carbonyl (C=O) groups is 1. The largest absolute Gasteiger partial charge is 0.354 e. The summed E-state index contributed by atoms with van der Waals surface area (Å²) < 4.78 is 1.95. The summed E-state index contributed by atoms with van der Waals surface area (Å²) in [7, 11) is 0. The van der Waals surface area contributed by atoms with Crippen LogP contribution >= 0.6 is 24.8 Å². The van der Waals surface area contributed by atoms with Crippen LogP contribution in [0.25, 0.3) is 0 Å². The van der Waals surface area contributed by atoms with Crippen LogP contribution < -0.4 is 11.1 Å². The molecule has 0 aliphatic heterocycles. The van der Waals surface area contributed by atoms with Crippen molar-refractivity contribution < 1.29 is 4.79 Å². The summed E-state index contributed by atoms with van der Waals surface area (Å²) in [5.41, 5.74) is 5.78.